The van der Waals surface area contributed by atoms with Crippen molar-refractivity contribution in [3.63, 3.8) is 0 Å². The molecule has 0 aliphatic rings. The van der Waals surface area contributed by atoms with E-state index in [2.05, 4.69) is 66.1 Å². The van der Waals surface area contributed by atoms with E-state index in [4.69, 9.17) is 0 Å². The van der Waals surface area contributed by atoms with E-state index < -0.39 is 0 Å². The van der Waals surface area contributed by atoms with Crippen LogP contribution in [-0.4, -0.2) is 9.55 Å². The number of aromatic nitrogens is 2. The van der Waals surface area contributed by atoms with Gasteiger partial charge in [0.1, 0.15) is 0 Å². The molecule has 0 radical (unpaired) electrons. The first kappa shape index (κ1) is 14.6. The molecule has 0 saturated heterocycles. The van der Waals surface area contributed by atoms with Gasteiger partial charge in [0.2, 0.25) is 5.95 Å². The van der Waals surface area contributed by atoms with E-state index in [0.717, 1.165) is 23.9 Å². The van der Waals surface area contributed by atoms with E-state index in [9.17, 15) is 0 Å². The number of aryl methyl sites for hydroxylation is 2. The number of rotatable bonds is 6. The highest BCUT2D eigenvalue weighted by molar-refractivity contribution is 5.59. The minimum atomic E-state index is 0.499. The molecule has 2 rings (SSSR count). The fourth-order valence-electron chi connectivity index (χ4n) is 2.38. The molecule has 0 atom stereocenters. The Bertz CT molecular complexity index is 555. The Balaban J connectivity index is 2.26. The van der Waals surface area contributed by atoms with Crippen molar-refractivity contribution in [1.82, 2.24) is 9.55 Å². The predicted octanol–water partition coefficient (Wildman–Crippen LogP) is 4.86. The van der Waals surface area contributed by atoms with Crippen LogP contribution >= 0.6 is 0 Å². The molecule has 0 fully saturated rings. The van der Waals surface area contributed by atoms with E-state index in [1.54, 1.807) is 0 Å². The lowest BCUT2D eigenvalue weighted by atomic mass is 10.0. The first-order chi connectivity index (χ1) is 9.61. The molecule has 0 aliphatic heterocycles. The van der Waals surface area contributed by atoms with Crippen LogP contribution in [0.15, 0.2) is 30.5 Å². The highest BCUT2D eigenvalue weighted by Crippen LogP contribution is 2.26. The van der Waals surface area contributed by atoms with E-state index in [-0.39, 0.29) is 0 Å². The van der Waals surface area contributed by atoms with Gasteiger partial charge in [0.15, 0.2) is 0 Å². The number of hydrogen-bond donors (Lipinski definition) is 1. The summed E-state index contributed by atoms with van der Waals surface area (Å²) in [5.74, 6) is 1.45. The van der Waals surface area contributed by atoms with Crippen LogP contribution in [0.25, 0.3) is 0 Å². The van der Waals surface area contributed by atoms with Crippen LogP contribution in [-0.2, 0) is 6.54 Å². The first-order valence-corrected chi connectivity index (χ1v) is 7.51. The van der Waals surface area contributed by atoms with Crippen LogP contribution in [0.3, 0.4) is 0 Å². The maximum atomic E-state index is 4.61. The summed E-state index contributed by atoms with van der Waals surface area (Å²) >= 11 is 0. The Morgan fingerprint density at radius 1 is 1.25 bits per heavy atom. The lowest BCUT2D eigenvalue weighted by Gasteiger charge is -2.15. The van der Waals surface area contributed by atoms with Crippen molar-refractivity contribution in [2.45, 2.75) is 53.0 Å². The summed E-state index contributed by atoms with van der Waals surface area (Å²) in [6, 6.07) is 8.47. The van der Waals surface area contributed by atoms with E-state index in [1.807, 2.05) is 6.92 Å². The smallest absolute Gasteiger partial charge is 0.207 e. The lowest BCUT2D eigenvalue weighted by Crippen LogP contribution is -2.05. The number of hydrogen-bond acceptors (Lipinski definition) is 2. The SMILES string of the molecule is CCCCn1cc(C)nc1Nc1ccccc1C(C)C. The maximum Gasteiger partial charge on any atom is 0.207 e. The van der Waals surface area contributed by atoms with Gasteiger partial charge in [0, 0.05) is 18.4 Å². The topological polar surface area (TPSA) is 29.9 Å². The van der Waals surface area contributed by atoms with Gasteiger partial charge in [0.25, 0.3) is 0 Å². The van der Waals surface area contributed by atoms with Crippen LogP contribution in [0.1, 0.15) is 50.8 Å². The molecule has 0 amide bonds. The Hall–Kier alpha value is -1.77. The van der Waals surface area contributed by atoms with Gasteiger partial charge >= 0.3 is 0 Å². The fourth-order valence-corrected chi connectivity index (χ4v) is 2.38. The van der Waals surface area contributed by atoms with Crippen molar-refractivity contribution in [1.29, 1.82) is 0 Å². The molecule has 0 spiro atoms. The van der Waals surface area contributed by atoms with Crippen LogP contribution in [0.2, 0.25) is 0 Å². The van der Waals surface area contributed by atoms with Gasteiger partial charge in [0.05, 0.1) is 5.69 Å². The molecule has 108 valence electrons. The summed E-state index contributed by atoms with van der Waals surface area (Å²) in [5, 5.41) is 3.50. The summed E-state index contributed by atoms with van der Waals surface area (Å²) in [4.78, 5) is 4.61. The summed E-state index contributed by atoms with van der Waals surface area (Å²) in [6.07, 6.45) is 4.49. The van der Waals surface area contributed by atoms with Gasteiger partial charge in [-0.15, -0.1) is 0 Å². The minimum absolute atomic E-state index is 0.499. The summed E-state index contributed by atoms with van der Waals surface area (Å²) in [5.41, 5.74) is 3.55. The van der Waals surface area contributed by atoms with E-state index in [1.165, 1.54) is 18.4 Å². The third kappa shape index (κ3) is 3.41. The third-order valence-electron chi connectivity index (χ3n) is 3.48. The summed E-state index contributed by atoms with van der Waals surface area (Å²) < 4.78 is 2.22. The van der Waals surface area contributed by atoms with Gasteiger partial charge in [-0.2, -0.15) is 0 Å². The lowest BCUT2D eigenvalue weighted by molar-refractivity contribution is 0.637. The minimum Gasteiger partial charge on any atom is -0.325 e. The maximum absolute atomic E-state index is 4.61. The van der Waals surface area contributed by atoms with E-state index in [0.29, 0.717) is 5.92 Å². The van der Waals surface area contributed by atoms with Crippen molar-refractivity contribution in [2.75, 3.05) is 5.32 Å². The van der Waals surface area contributed by atoms with E-state index >= 15 is 0 Å². The second kappa shape index (κ2) is 6.60. The third-order valence-corrected chi connectivity index (χ3v) is 3.48. The Kier molecular flexibility index (Phi) is 4.83. The van der Waals surface area contributed by atoms with Crippen molar-refractivity contribution < 1.29 is 0 Å². The summed E-state index contributed by atoms with van der Waals surface area (Å²) in [7, 11) is 0. The highest BCUT2D eigenvalue weighted by atomic mass is 15.2. The molecule has 1 heterocycles. The van der Waals surface area contributed by atoms with Gasteiger partial charge in [-0.05, 0) is 30.9 Å². The standard InChI is InChI=1S/C17H25N3/c1-5-6-11-20-12-14(4)18-17(20)19-16-10-8-7-9-15(16)13(2)3/h7-10,12-13H,5-6,11H2,1-4H3,(H,18,19). The molecule has 0 aliphatic carbocycles. The molecule has 0 bridgehead atoms. The molecular weight excluding hydrogens is 246 g/mol. The van der Waals surface area contributed by atoms with Crippen molar-refractivity contribution in [2.24, 2.45) is 0 Å². The predicted molar refractivity (Wildman–Crippen MR) is 85.7 cm³/mol. The van der Waals surface area contributed by atoms with Crippen LogP contribution < -0.4 is 5.32 Å². The number of benzene rings is 1. The van der Waals surface area contributed by atoms with Crippen LogP contribution in [0.4, 0.5) is 11.6 Å². The molecule has 3 heteroatoms. The zero-order valence-corrected chi connectivity index (χ0v) is 13.0. The zero-order chi connectivity index (χ0) is 14.5. The fraction of sp³-hybridized carbons (Fsp3) is 0.471. The average molecular weight is 271 g/mol. The molecule has 2 aromatic rings. The molecule has 3 nitrogen and oxygen atoms in total. The van der Waals surface area contributed by atoms with Crippen LogP contribution in [0.5, 0.6) is 0 Å². The number of unbranched alkanes of at least 4 members (excludes halogenated alkanes) is 1. The van der Waals surface area contributed by atoms with Crippen molar-refractivity contribution in [3.05, 3.63) is 41.7 Å². The monoisotopic (exact) mass is 271 g/mol. The van der Waals surface area contributed by atoms with Crippen LogP contribution in [0, 0.1) is 6.92 Å². The van der Waals surface area contributed by atoms with Gasteiger partial charge < -0.3 is 9.88 Å². The molecule has 1 N–H and O–H groups in total. The molecule has 20 heavy (non-hydrogen) atoms. The number of para-hydroxylation sites is 1. The van der Waals surface area contributed by atoms with Gasteiger partial charge in [-0.1, -0.05) is 45.4 Å². The second-order valence-electron chi connectivity index (χ2n) is 5.62. The highest BCUT2D eigenvalue weighted by Gasteiger charge is 2.10. The van der Waals surface area contributed by atoms with Gasteiger partial charge in [-0.3, -0.25) is 0 Å². The Morgan fingerprint density at radius 2 is 2.00 bits per heavy atom. The first-order valence-electron chi connectivity index (χ1n) is 7.51. The normalized spacial score (nSPS) is 11.1. The average Bonchev–Trinajstić information content (AvgIpc) is 2.77. The Morgan fingerprint density at radius 3 is 2.70 bits per heavy atom. The number of anilines is 2. The molecule has 1 aromatic carbocycles. The number of imidazole rings is 1. The molecule has 1 aromatic heterocycles. The van der Waals surface area contributed by atoms with Crippen molar-refractivity contribution >= 4 is 11.6 Å². The molecule has 0 unspecified atom stereocenters. The van der Waals surface area contributed by atoms with Crippen molar-refractivity contribution in [3.8, 4) is 0 Å². The Labute approximate surface area is 122 Å². The quantitative estimate of drug-likeness (QED) is 0.813. The second-order valence-corrected chi connectivity index (χ2v) is 5.62. The molecular formula is C17H25N3. The van der Waals surface area contributed by atoms with Gasteiger partial charge in [-0.25, -0.2) is 4.98 Å². The molecule has 0 saturated carbocycles. The largest absolute Gasteiger partial charge is 0.325 e. The summed E-state index contributed by atoms with van der Waals surface area (Å²) in [6.45, 7) is 9.71. The zero-order valence-electron chi connectivity index (χ0n) is 13.0. The number of nitrogens with zero attached hydrogens (tertiary/aromatic N) is 2. The number of nitrogens with one attached hydrogen (secondary N) is 1.